The number of carbonyl (C=O) groups is 1. The summed E-state index contributed by atoms with van der Waals surface area (Å²) in [7, 11) is -2.23. The van der Waals surface area contributed by atoms with Crippen molar-refractivity contribution < 1.29 is 22.7 Å². The van der Waals surface area contributed by atoms with Gasteiger partial charge in [0.05, 0.1) is 29.8 Å². The lowest BCUT2D eigenvalue weighted by Crippen LogP contribution is -2.18. The predicted molar refractivity (Wildman–Crippen MR) is 131 cm³/mol. The highest BCUT2D eigenvalue weighted by Gasteiger charge is 2.22. The Bertz CT molecular complexity index is 1200. The lowest BCUT2D eigenvalue weighted by molar-refractivity contribution is 0.102. The number of rotatable bonds is 7. The Hall–Kier alpha value is -3.24. The summed E-state index contributed by atoms with van der Waals surface area (Å²) >= 11 is 6.11. The number of sulfonamides is 1. The summed E-state index contributed by atoms with van der Waals surface area (Å²) in [5.74, 6) is -0.524. The summed E-state index contributed by atoms with van der Waals surface area (Å²) in [5, 5.41) is 10.6. The van der Waals surface area contributed by atoms with Crippen LogP contribution in [0.2, 0.25) is 5.02 Å². The first kappa shape index (κ1) is 26.0. The van der Waals surface area contributed by atoms with Gasteiger partial charge in [-0.2, -0.15) is 0 Å². The molecule has 2 rings (SSSR count). The fourth-order valence-electron chi connectivity index (χ4n) is 2.81. The minimum absolute atomic E-state index is 0.0993. The third-order valence-electron chi connectivity index (χ3n) is 4.36. The molecule has 2 aromatic rings. The Morgan fingerprint density at radius 2 is 1.82 bits per heavy atom. The maximum absolute atomic E-state index is 13.0. The standard InChI is InChI=1S/C22H27ClN4O5S/c1-22(2,3)14-11-16(20(31-4)17(12-14)27-33(5,29)30)26-21(28)13-6-7-15(23)18(10-13)32-19(25)8-9-24/h6-12,25,27H,24H2,1-5H3,(H,26,28)/b9-8-,25-19?. The maximum Gasteiger partial charge on any atom is 0.255 e. The number of hydrogen-bond donors (Lipinski definition) is 4. The zero-order chi connectivity index (χ0) is 25.0. The summed E-state index contributed by atoms with van der Waals surface area (Å²) in [6, 6.07) is 7.72. The van der Waals surface area contributed by atoms with E-state index in [4.69, 9.17) is 32.2 Å². The molecular formula is C22H27ClN4O5S. The summed E-state index contributed by atoms with van der Waals surface area (Å²) < 4.78 is 36.9. The van der Waals surface area contributed by atoms with Gasteiger partial charge in [0, 0.05) is 11.6 Å². The molecule has 0 aliphatic rings. The van der Waals surface area contributed by atoms with Gasteiger partial charge < -0.3 is 20.5 Å². The molecule has 33 heavy (non-hydrogen) atoms. The Balaban J connectivity index is 2.50. The first-order valence-electron chi connectivity index (χ1n) is 9.71. The quantitative estimate of drug-likeness (QED) is 0.337. The second-order valence-electron chi connectivity index (χ2n) is 8.15. The van der Waals surface area contributed by atoms with Crippen molar-refractivity contribution in [2.75, 3.05) is 23.4 Å². The lowest BCUT2D eigenvalue weighted by Gasteiger charge is -2.24. The number of carbonyl (C=O) groups excluding carboxylic acids is 1. The van der Waals surface area contributed by atoms with Gasteiger partial charge in [0.25, 0.3) is 5.91 Å². The monoisotopic (exact) mass is 494 g/mol. The van der Waals surface area contributed by atoms with Crippen LogP contribution in [-0.2, 0) is 15.4 Å². The molecule has 2 aromatic carbocycles. The van der Waals surface area contributed by atoms with Gasteiger partial charge in [-0.3, -0.25) is 14.9 Å². The molecule has 0 atom stereocenters. The van der Waals surface area contributed by atoms with Crippen LogP contribution in [0, 0.1) is 5.41 Å². The van der Waals surface area contributed by atoms with Gasteiger partial charge in [-0.05, 0) is 47.5 Å². The van der Waals surface area contributed by atoms with E-state index in [1.807, 2.05) is 20.8 Å². The van der Waals surface area contributed by atoms with E-state index in [2.05, 4.69) is 10.0 Å². The van der Waals surface area contributed by atoms with E-state index in [1.54, 1.807) is 12.1 Å². The Kier molecular flexibility index (Phi) is 7.99. The molecule has 11 heteroatoms. The number of anilines is 2. The van der Waals surface area contributed by atoms with E-state index < -0.39 is 15.9 Å². The van der Waals surface area contributed by atoms with Crippen LogP contribution in [0.3, 0.4) is 0 Å². The first-order chi connectivity index (χ1) is 15.2. The minimum Gasteiger partial charge on any atom is -0.492 e. The van der Waals surface area contributed by atoms with E-state index in [-0.39, 0.29) is 44.8 Å². The Labute approximate surface area is 198 Å². The van der Waals surface area contributed by atoms with E-state index in [0.717, 1.165) is 18.0 Å². The lowest BCUT2D eigenvalue weighted by atomic mass is 9.86. The largest absolute Gasteiger partial charge is 0.492 e. The molecule has 0 saturated heterocycles. The molecule has 0 aliphatic heterocycles. The SMILES string of the molecule is COc1c(NC(=O)c2ccc(Cl)c(OC(=N)/C=C\N)c2)cc(C(C)(C)C)cc1NS(C)(=O)=O. The molecule has 178 valence electrons. The van der Waals surface area contributed by atoms with Gasteiger partial charge in [-0.1, -0.05) is 32.4 Å². The van der Waals surface area contributed by atoms with Gasteiger partial charge in [0.1, 0.15) is 5.75 Å². The topological polar surface area (TPSA) is 144 Å². The van der Waals surface area contributed by atoms with Gasteiger partial charge in [0.15, 0.2) is 5.75 Å². The average molecular weight is 495 g/mol. The number of benzene rings is 2. The van der Waals surface area contributed by atoms with Crippen LogP contribution in [0.15, 0.2) is 42.6 Å². The molecule has 0 saturated carbocycles. The first-order valence-corrected chi connectivity index (χ1v) is 12.0. The van der Waals surface area contributed by atoms with E-state index >= 15 is 0 Å². The summed E-state index contributed by atoms with van der Waals surface area (Å²) in [6.45, 7) is 5.87. The predicted octanol–water partition coefficient (Wildman–Crippen LogP) is 4.10. The molecule has 5 N–H and O–H groups in total. The molecule has 1 amide bonds. The number of ether oxygens (including phenoxy) is 2. The van der Waals surface area contributed by atoms with Crippen molar-refractivity contribution in [1.82, 2.24) is 0 Å². The maximum atomic E-state index is 13.0. The minimum atomic E-state index is -3.60. The second kappa shape index (κ2) is 10.1. The number of halogens is 1. The Morgan fingerprint density at radius 3 is 2.36 bits per heavy atom. The van der Waals surface area contributed by atoms with Gasteiger partial charge >= 0.3 is 0 Å². The molecule has 0 spiro atoms. The zero-order valence-electron chi connectivity index (χ0n) is 18.9. The molecule has 0 aliphatic carbocycles. The van der Waals surface area contributed by atoms with E-state index in [1.165, 1.54) is 31.4 Å². The summed E-state index contributed by atoms with van der Waals surface area (Å²) in [5.41, 5.74) is 6.34. The third-order valence-corrected chi connectivity index (χ3v) is 5.27. The summed E-state index contributed by atoms with van der Waals surface area (Å²) in [6.07, 6.45) is 3.40. The molecule has 0 aromatic heterocycles. The van der Waals surface area contributed by atoms with Crippen LogP contribution in [0.5, 0.6) is 11.5 Å². The van der Waals surface area contributed by atoms with Crippen molar-refractivity contribution in [3.63, 3.8) is 0 Å². The van der Waals surface area contributed by atoms with Crippen molar-refractivity contribution in [1.29, 1.82) is 5.41 Å². The summed E-state index contributed by atoms with van der Waals surface area (Å²) in [4.78, 5) is 13.0. The van der Waals surface area contributed by atoms with Crippen molar-refractivity contribution in [2.24, 2.45) is 5.73 Å². The van der Waals surface area contributed by atoms with Crippen molar-refractivity contribution in [3.05, 3.63) is 58.8 Å². The molecular weight excluding hydrogens is 468 g/mol. The van der Waals surface area contributed by atoms with Crippen molar-refractivity contribution in [2.45, 2.75) is 26.2 Å². The highest BCUT2D eigenvalue weighted by Crippen LogP contribution is 2.39. The fourth-order valence-corrected chi connectivity index (χ4v) is 3.51. The van der Waals surface area contributed by atoms with Gasteiger partial charge in [-0.25, -0.2) is 8.42 Å². The van der Waals surface area contributed by atoms with E-state index in [9.17, 15) is 13.2 Å². The molecule has 0 bridgehead atoms. The van der Waals surface area contributed by atoms with Crippen LogP contribution in [0.4, 0.5) is 11.4 Å². The smallest absolute Gasteiger partial charge is 0.255 e. The zero-order valence-corrected chi connectivity index (χ0v) is 20.5. The molecule has 0 unspecified atom stereocenters. The number of nitrogens with one attached hydrogen (secondary N) is 3. The van der Waals surface area contributed by atoms with Gasteiger partial charge in [-0.15, -0.1) is 0 Å². The number of methoxy groups -OCH3 is 1. The fraction of sp³-hybridized carbons (Fsp3) is 0.273. The molecule has 9 nitrogen and oxygen atoms in total. The van der Waals surface area contributed by atoms with Crippen LogP contribution in [-0.4, -0.2) is 33.6 Å². The number of amides is 1. The second-order valence-corrected chi connectivity index (χ2v) is 10.3. The normalized spacial score (nSPS) is 11.8. The van der Waals surface area contributed by atoms with Crippen LogP contribution < -0.4 is 25.2 Å². The van der Waals surface area contributed by atoms with Gasteiger partial charge in [0.2, 0.25) is 15.9 Å². The van der Waals surface area contributed by atoms with Crippen molar-refractivity contribution in [3.8, 4) is 11.5 Å². The van der Waals surface area contributed by atoms with Crippen LogP contribution >= 0.6 is 11.6 Å². The van der Waals surface area contributed by atoms with E-state index in [0.29, 0.717) is 0 Å². The highest BCUT2D eigenvalue weighted by molar-refractivity contribution is 7.92. The highest BCUT2D eigenvalue weighted by atomic mass is 35.5. The molecule has 0 fully saturated rings. The molecule has 0 radical (unpaired) electrons. The number of nitrogens with two attached hydrogens (primary N) is 1. The van der Waals surface area contributed by atoms with Crippen LogP contribution in [0.25, 0.3) is 0 Å². The Morgan fingerprint density at radius 1 is 1.18 bits per heavy atom. The van der Waals surface area contributed by atoms with Crippen molar-refractivity contribution >= 4 is 44.8 Å². The van der Waals surface area contributed by atoms with Crippen LogP contribution in [0.1, 0.15) is 36.7 Å². The third kappa shape index (κ3) is 7.13. The number of hydrogen-bond acceptors (Lipinski definition) is 7. The average Bonchev–Trinajstić information content (AvgIpc) is 2.67. The molecule has 0 heterocycles.